The SMILES string of the molecule is COC(=O)[C@@H](C1=CCC=CC1)N1C(=O)[C@@H](N2C(=O)c3ccccc3C2=O)[C@@H]1c1ccc(OC)cc1. The lowest BCUT2D eigenvalue weighted by Crippen LogP contribution is -2.70. The summed E-state index contributed by atoms with van der Waals surface area (Å²) in [5.41, 5.74) is 1.95. The zero-order valence-electron chi connectivity index (χ0n) is 19.3. The van der Waals surface area contributed by atoms with E-state index in [9.17, 15) is 19.2 Å². The lowest BCUT2D eigenvalue weighted by atomic mass is 9.82. The van der Waals surface area contributed by atoms with Gasteiger partial charge in [-0.05, 0) is 48.2 Å². The lowest BCUT2D eigenvalue weighted by Gasteiger charge is -2.52. The van der Waals surface area contributed by atoms with Crippen molar-refractivity contribution in [2.45, 2.75) is 31.0 Å². The number of carbonyl (C=O) groups is 4. The first kappa shape index (κ1) is 22.6. The maximum atomic E-state index is 13.7. The van der Waals surface area contributed by atoms with Gasteiger partial charge in [-0.25, -0.2) is 4.79 Å². The zero-order chi connectivity index (χ0) is 24.7. The molecule has 0 unspecified atom stereocenters. The Bertz CT molecular complexity index is 1240. The number of nitrogens with zero attached hydrogens (tertiary/aromatic N) is 2. The molecule has 2 heterocycles. The number of fused-ring (bicyclic) bond motifs is 1. The normalized spacial score (nSPS) is 21.9. The Kier molecular flexibility index (Phi) is 5.72. The summed E-state index contributed by atoms with van der Waals surface area (Å²) in [5, 5.41) is 0. The number of likely N-dealkylation sites (tertiary alicyclic amines) is 1. The molecule has 3 amide bonds. The second-order valence-electron chi connectivity index (χ2n) is 8.55. The van der Waals surface area contributed by atoms with Crippen LogP contribution >= 0.6 is 0 Å². The standard InChI is InChI=1S/C27H24N2O6/c1-34-18-14-12-17(13-15-18)21-23(29-24(30)19-10-6-7-11-20(19)25(29)31)26(32)28(21)22(27(33)35-2)16-8-4-3-5-9-16/h3-4,6-7,9-15,21-23H,5,8H2,1-2H3/t21-,22+,23-/m0/s1. The number of carbonyl (C=O) groups excluding carboxylic acids is 4. The van der Waals surface area contributed by atoms with Crippen molar-refractivity contribution >= 4 is 23.7 Å². The van der Waals surface area contributed by atoms with Crippen molar-refractivity contribution in [3.8, 4) is 5.75 Å². The number of β-lactam (4-membered cyclic amide) rings is 1. The van der Waals surface area contributed by atoms with Crippen LogP contribution in [0.25, 0.3) is 0 Å². The highest BCUT2D eigenvalue weighted by atomic mass is 16.5. The number of methoxy groups -OCH3 is 2. The number of ether oxygens (including phenoxy) is 2. The molecule has 0 radical (unpaired) electrons. The molecule has 8 heteroatoms. The van der Waals surface area contributed by atoms with Gasteiger partial charge in [0.25, 0.3) is 11.8 Å². The Hall–Kier alpha value is -4.20. The number of hydrogen-bond acceptors (Lipinski definition) is 6. The Morgan fingerprint density at radius 1 is 0.914 bits per heavy atom. The Morgan fingerprint density at radius 3 is 2.11 bits per heavy atom. The van der Waals surface area contributed by atoms with Crippen LogP contribution in [-0.4, -0.2) is 59.8 Å². The van der Waals surface area contributed by atoms with Crippen LogP contribution in [-0.2, 0) is 14.3 Å². The minimum Gasteiger partial charge on any atom is -0.497 e. The third-order valence-corrected chi connectivity index (χ3v) is 6.76. The van der Waals surface area contributed by atoms with Gasteiger partial charge >= 0.3 is 5.97 Å². The van der Waals surface area contributed by atoms with Crippen molar-refractivity contribution in [1.82, 2.24) is 9.80 Å². The molecule has 1 fully saturated rings. The Balaban J connectivity index is 1.58. The lowest BCUT2D eigenvalue weighted by molar-refractivity contribution is -0.169. The van der Waals surface area contributed by atoms with E-state index in [0.29, 0.717) is 24.2 Å². The van der Waals surface area contributed by atoms with E-state index in [-0.39, 0.29) is 11.1 Å². The largest absolute Gasteiger partial charge is 0.497 e. The molecule has 1 saturated heterocycles. The number of hydrogen-bond donors (Lipinski definition) is 0. The third-order valence-electron chi connectivity index (χ3n) is 6.76. The highest BCUT2D eigenvalue weighted by molar-refractivity contribution is 6.23. The summed E-state index contributed by atoms with van der Waals surface area (Å²) in [4.78, 5) is 55.6. The quantitative estimate of drug-likeness (QED) is 0.278. The molecule has 0 saturated carbocycles. The molecule has 0 bridgehead atoms. The average Bonchev–Trinajstić information content (AvgIpc) is 3.15. The maximum absolute atomic E-state index is 13.7. The number of allylic oxidation sites excluding steroid dienone is 3. The van der Waals surface area contributed by atoms with E-state index < -0.39 is 41.8 Å². The van der Waals surface area contributed by atoms with Gasteiger partial charge in [-0.3, -0.25) is 19.3 Å². The number of benzene rings is 2. The molecular weight excluding hydrogens is 448 g/mol. The number of esters is 1. The smallest absolute Gasteiger partial charge is 0.332 e. The predicted octanol–water partition coefficient (Wildman–Crippen LogP) is 3.06. The van der Waals surface area contributed by atoms with Crippen LogP contribution in [0.4, 0.5) is 0 Å². The molecule has 0 spiro atoms. The fourth-order valence-electron chi connectivity index (χ4n) is 5.04. The van der Waals surface area contributed by atoms with Crippen LogP contribution in [0.3, 0.4) is 0 Å². The van der Waals surface area contributed by atoms with Gasteiger partial charge in [-0.2, -0.15) is 0 Å². The van der Waals surface area contributed by atoms with Gasteiger partial charge < -0.3 is 14.4 Å². The van der Waals surface area contributed by atoms with E-state index >= 15 is 0 Å². The molecule has 2 aromatic carbocycles. The van der Waals surface area contributed by atoms with Crippen LogP contribution in [0, 0.1) is 0 Å². The molecule has 178 valence electrons. The fourth-order valence-corrected chi connectivity index (χ4v) is 5.04. The fraction of sp³-hybridized carbons (Fsp3) is 0.259. The van der Waals surface area contributed by atoms with Crippen molar-refractivity contribution in [3.63, 3.8) is 0 Å². The van der Waals surface area contributed by atoms with Gasteiger partial charge in [0.15, 0.2) is 6.04 Å². The van der Waals surface area contributed by atoms with Gasteiger partial charge in [-0.15, -0.1) is 0 Å². The van der Waals surface area contributed by atoms with Crippen molar-refractivity contribution < 1.29 is 28.7 Å². The Morgan fingerprint density at radius 2 is 1.57 bits per heavy atom. The van der Waals surface area contributed by atoms with Gasteiger partial charge in [0.2, 0.25) is 5.91 Å². The summed E-state index contributed by atoms with van der Waals surface area (Å²) in [5.74, 6) is -1.47. The second-order valence-corrected chi connectivity index (χ2v) is 8.55. The maximum Gasteiger partial charge on any atom is 0.332 e. The van der Waals surface area contributed by atoms with Crippen LogP contribution in [0.1, 0.15) is 45.2 Å². The third kappa shape index (κ3) is 3.53. The summed E-state index contributed by atoms with van der Waals surface area (Å²) >= 11 is 0. The van der Waals surface area contributed by atoms with Gasteiger partial charge in [-0.1, -0.05) is 42.5 Å². The topological polar surface area (TPSA) is 93.2 Å². The summed E-state index contributed by atoms with van der Waals surface area (Å²) in [6.07, 6.45) is 6.98. The monoisotopic (exact) mass is 472 g/mol. The van der Waals surface area contributed by atoms with E-state index in [4.69, 9.17) is 9.47 Å². The molecule has 2 aliphatic heterocycles. The van der Waals surface area contributed by atoms with Crippen LogP contribution in [0.5, 0.6) is 5.75 Å². The summed E-state index contributed by atoms with van der Waals surface area (Å²) < 4.78 is 10.3. The van der Waals surface area contributed by atoms with Crippen molar-refractivity contribution in [1.29, 1.82) is 0 Å². The average molecular weight is 472 g/mol. The van der Waals surface area contributed by atoms with E-state index in [2.05, 4.69) is 0 Å². The predicted molar refractivity (Wildman–Crippen MR) is 126 cm³/mol. The molecule has 3 atom stereocenters. The molecule has 2 aromatic rings. The highest BCUT2D eigenvalue weighted by Crippen LogP contribution is 2.45. The minimum atomic E-state index is -1.08. The van der Waals surface area contributed by atoms with Crippen LogP contribution in [0.15, 0.2) is 72.3 Å². The molecule has 35 heavy (non-hydrogen) atoms. The van der Waals surface area contributed by atoms with E-state index in [1.54, 1.807) is 55.6 Å². The highest BCUT2D eigenvalue weighted by Gasteiger charge is 2.60. The van der Waals surface area contributed by atoms with Gasteiger partial charge in [0.1, 0.15) is 11.8 Å². The first-order valence-electron chi connectivity index (χ1n) is 11.3. The first-order chi connectivity index (χ1) is 17.0. The molecule has 0 N–H and O–H groups in total. The first-order valence-corrected chi connectivity index (χ1v) is 11.3. The van der Waals surface area contributed by atoms with E-state index in [1.807, 2.05) is 18.2 Å². The van der Waals surface area contributed by atoms with Gasteiger partial charge in [0.05, 0.1) is 31.4 Å². The van der Waals surface area contributed by atoms with E-state index in [1.165, 1.54) is 12.0 Å². The van der Waals surface area contributed by atoms with Crippen molar-refractivity contribution in [3.05, 3.63) is 89.0 Å². The minimum absolute atomic E-state index is 0.266. The van der Waals surface area contributed by atoms with Crippen molar-refractivity contribution in [2.24, 2.45) is 0 Å². The number of imide groups is 1. The van der Waals surface area contributed by atoms with Crippen LogP contribution < -0.4 is 4.74 Å². The van der Waals surface area contributed by atoms with Crippen LogP contribution in [0.2, 0.25) is 0 Å². The summed E-state index contributed by atoms with van der Waals surface area (Å²) in [7, 11) is 2.83. The molecule has 3 aliphatic rings. The number of rotatable bonds is 6. The van der Waals surface area contributed by atoms with E-state index in [0.717, 1.165) is 10.5 Å². The molecule has 0 aromatic heterocycles. The van der Waals surface area contributed by atoms with Gasteiger partial charge in [0, 0.05) is 0 Å². The Labute approximate surface area is 202 Å². The molecule has 8 nitrogen and oxygen atoms in total. The number of amides is 3. The molecule has 1 aliphatic carbocycles. The summed E-state index contributed by atoms with van der Waals surface area (Å²) in [6, 6.07) is 10.8. The molecular formula is C27H24N2O6. The summed E-state index contributed by atoms with van der Waals surface area (Å²) in [6.45, 7) is 0. The molecule has 5 rings (SSSR count). The van der Waals surface area contributed by atoms with Crippen molar-refractivity contribution in [2.75, 3.05) is 14.2 Å². The zero-order valence-corrected chi connectivity index (χ0v) is 19.3. The second kappa shape index (κ2) is 8.87.